The Morgan fingerprint density at radius 1 is 1.36 bits per heavy atom. The Morgan fingerprint density at radius 2 is 2.12 bits per heavy atom. The van der Waals surface area contributed by atoms with Gasteiger partial charge in [-0.05, 0) is 56.2 Å². The molecule has 1 aromatic carbocycles. The van der Waals surface area contributed by atoms with E-state index in [0.717, 1.165) is 32.1 Å². The average Bonchev–Trinajstić information content (AvgIpc) is 3.39. The lowest BCUT2D eigenvalue weighted by Crippen LogP contribution is -2.48. The maximum atomic E-state index is 13.3. The van der Waals surface area contributed by atoms with Crippen molar-refractivity contribution in [2.24, 2.45) is 5.92 Å². The van der Waals surface area contributed by atoms with Crippen LogP contribution in [0.5, 0.6) is 0 Å². The van der Waals surface area contributed by atoms with Crippen LogP contribution in [0.2, 0.25) is 0 Å². The molecule has 2 amide bonds. The first-order valence-corrected chi connectivity index (χ1v) is 8.90. The van der Waals surface area contributed by atoms with Gasteiger partial charge in [-0.1, -0.05) is 6.07 Å². The van der Waals surface area contributed by atoms with Crippen molar-refractivity contribution in [1.82, 2.24) is 10.6 Å². The number of benzene rings is 1. The zero-order valence-electron chi connectivity index (χ0n) is 14.5. The molecule has 2 saturated carbocycles. The maximum absolute atomic E-state index is 13.3. The first-order valence-electron chi connectivity index (χ1n) is 8.90. The summed E-state index contributed by atoms with van der Waals surface area (Å²) >= 11 is 0. The van der Waals surface area contributed by atoms with Crippen LogP contribution < -0.4 is 10.6 Å². The number of rotatable bonds is 8. The quantitative estimate of drug-likeness (QED) is 0.758. The molecule has 1 unspecified atom stereocenters. The molecule has 0 aliphatic heterocycles. The van der Waals surface area contributed by atoms with Crippen LogP contribution in [0, 0.1) is 11.7 Å². The van der Waals surface area contributed by atoms with Gasteiger partial charge in [-0.15, -0.1) is 0 Å². The van der Waals surface area contributed by atoms with Crippen molar-refractivity contribution >= 4 is 11.8 Å². The van der Waals surface area contributed by atoms with Gasteiger partial charge in [0.25, 0.3) is 5.91 Å². The van der Waals surface area contributed by atoms with E-state index in [0.29, 0.717) is 24.4 Å². The zero-order chi connectivity index (χ0) is 17.9. The fraction of sp³-hybridized carbons (Fsp3) is 0.579. The molecule has 2 aliphatic carbocycles. The fourth-order valence-electron chi connectivity index (χ4n) is 3.32. The van der Waals surface area contributed by atoms with Crippen LogP contribution in [-0.4, -0.2) is 37.1 Å². The third-order valence-corrected chi connectivity index (χ3v) is 5.29. The Labute approximate surface area is 147 Å². The molecule has 2 fully saturated rings. The van der Waals surface area contributed by atoms with Crippen molar-refractivity contribution in [2.45, 2.75) is 50.2 Å². The first-order chi connectivity index (χ1) is 12.0. The summed E-state index contributed by atoms with van der Waals surface area (Å²) in [7, 11) is 1.65. The molecule has 25 heavy (non-hydrogen) atoms. The topological polar surface area (TPSA) is 67.4 Å². The smallest absolute Gasteiger partial charge is 0.251 e. The number of hydrogen-bond donors (Lipinski definition) is 2. The van der Waals surface area contributed by atoms with E-state index in [2.05, 4.69) is 10.6 Å². The van der Waals surface area contributed by atoms with E-state index in [1.807, 2.05) is 0 Å². The number of nitrogens with one attached hydrogen (secondary N) is 2. The van der Waals surface area contributed by atoms with Crippen LogP contribution in [0.25, 0.3) is 0 Å². The first kappa shape index (κ1) is 17.9. The zero-order valence-corrected chi connectivity index (χ0v) is 14.5. The minimum absolute atomic E-state index is 0.0489. The molecule has 0 saturated heterocycles. The summed E-state index contributed by atoms with van der Waals surface area (Å²) in [5, 5.41) is 5.85. The molecule has 1 aromatic rings. The molecular weight excluding hydrogens is 323 g/mol. The molecule has 0 aromatic heterocycles. The number of ether oxygens (including phenoxy) is 1. The highest BCUT2D eigenvalue weighted by Crippen LogP contribution is 2.38. The van der Waals surface area contributed by atoms with Crippen LogP contribution in [0.15, 0.2) is 24.3 Å². The van der Waals surface area contributed by atoms with Crippen LogP contribution >= 0.6 is 0 Å². The van der Waals surface area contributed by atoms with Crippen molar-refractivity contribution in [3.05, 3.63) is 35.6 Å². The monoisotopic (exact) mass is 348 g/mol. The van der Waals surface area contributed by atoms with E-state index in [-0.39, 0.29) is 23.5 Å². The van der Waals surface area contributed by atoms with Crippen molar-refractivity contribution < 1.29 is 18.7 Å². The number of methoxy groups -OCH3 is 1. The minimum Gasteiger partial charge on any atom is -0.378 e. The van der Waals surface area contributed by atoms with Crippen molar-refractivity contribution in [2.75, 3.05) is 13.7 Å². The van der Waals surface area contributed by atoms with E-state index >= 15 is 0 Å². The molecular formula is C19H25FN2O3. The minimum atomic E-state index is -0.436. The summed E-state index contributed by atoms with van der Waals surface area (Å²) in [5.41, 5.74) is -0.00552. The third-order valence-electron chi connectivity index (χ3n) is 5.29. The fourth-order valence-corrected chi connectivity index (χ4v) is 3.32. The van der Waals surface area contributed by atoms with Crippen molar-refractivity contribution in [3.63, 3.8) is 0 Å². The van der Waals surface area contributed by atoms with Gasteiger partial charge in [-0.3, -0.25) is 9.59 Å². The van der Waals surface area contributed by atoms with Gasteiger partial charge >= 0.3 is 0 Å². The highest BCUT2D eigenvalue weighted by molar-refractivity contribution is 5.94. The molecule has 0 bridgehead atoms. The molecule has 5 nitrogen and oxygen atoms in total. The predicted molar refractivity (Wildman–Crippen MR) is 91.6 cm³/mol. The maximum Gasteiger partial charge on any atom is 0.251 e. The third kappa shape index (κ3) is 4.57. The Hall–Kier alpha value is -1.95. The van der Waals surface area contributed by atoms with Gasteiger partial charge in [0, 0.05) is 25.3 Å². The van der Waals surface area contributed by atoms with Crippen LogP contribution in [0.4, 0.5) is 4.39 Å². The van der Waals surface area contributed by atoms with Gasteiger partial charge in [-0.25, -0.2) is 4.39 Å². The standard InChI is InChI=1S/C19H25FN2O3/c1-25-19(8-3-9-19)11-17(23)21-12-16(13-6-7-13)22-18(24)14-4-2-5-15(20)10-14/h2,4-5,10,13,16H,3,6-9,11-12H2,1H3,(H,21,23)(H,22,24). The number of hydrogen-bond acceptors (Lipinski definition) is 3. The number of amides is 2. The Kier molecular flexibility index (Phi) is 5.37. The second-order valence-corrected chi connectivity index (χ2v) is 7.15. The predicted octanol–water partition coefficient (Wildman–Crippen LogP) is 2.41. The van der Waals surface area contributed by atoms with Crippen LogP contribution in [0.3, 0.4) is 0 Å². The van der Waals surface area contributed by atoms with Gasteiger partial charge < -0.3 is 15.4 Å². The largest absolute Gasteiger partial charge is 0.378 e. The van der Waals surface area contributed by atoms with Gasteiger partial charge in [0.05, 0.1) is 12.0 Å². The summed E-state index contributed by atoms with van der Waals surface area (Å²) in [6.45, 7) is 0.393. The van der Waals surface area contributed by atoms with E-state index in [1.165, 1.54) is 18.2 Å². The molecule has 136 valence electrons. The van der Waals surface area contributed by atoms with Gasteiger partial charge in [-0.2, -0.15) is 0 Å². The van der Waals surface area contributed by atoms with Gasteiger partial charge in [0.2, 0.25) is 5.91 Å². The highest BCUT2D eigenvalue weighted by Gasteiger charge is 2.39. The SMILES string of the molecule is COC1(CC(=O)NCC(NC(=O)c2cccc(F)c2)C2CC2)CCC1. The Morgan fingerprint density at radius 3 is 2.68 bits per heavy atom. The van der Waals surface area contributed by atoms with Gasteiger partial charge in [0.15, 0.2) is 0 Å². The summed E-state index contributed by atoms with van der Waals surface area (Å²) in [4.78, 5) is 24.5. The Bertz CT molecular complexity index is 636. The second kappa shape index (κ2) is 7.52. The summed E-state index contributed by atoms with van der Waals surface area (Å²) in [6.07, 6.45) is 5.35. The number of carbonyl (C=O) groups is 2. The molecule has 6 heteroatoms. The van der Waals surface area contributed by atoms with E-state index in [1.54, 1.807) is 13.2 Å². The average molecular weight is 348 g/mol. The molecule has 2 N–H and O–H groups in total. The highest BCUT2D eigenvalue weighted by atomic mass is 19.1. The normalized spacial score (nSPS) is 19.6. The lowest BCUT2D eigenvalue weighted by Gasteiger charge is -2.40. The summed E-state index contributed by atoms with van der Waals surface area (Å²) in [5.74, 6) is -0.419. The molecule has 0 spiro atoms. The van der Waals surface area contributed by atoms with E-state index in [9.17, 15) is 14.0 Å². The molecule has 2 aliphatic rings. The summed E-state index contributed by atoms with van der Waals surface area (Å²) in [6, 6.07) is 5.50. The molecule has 0 heterocycles. The van der Waals surface area contributed by atoms with E-state index in [4.69, 9.17) is 4.74 Å². The van der Waals surface area contributed by atoms with Crippen molar-refractivity contribution in [1.29, 1.82) is 0 Å². The van der Waals surface area contributed by atoms with Crippen molar-refractivity contribution in [3.8, 4) is 0 Å². The van der Waals surface area contributed by atoms with Crippen LogP contribution in [0.1, 0.15) is 48.9 Å². The Balaban J connectivity index is 1.51. The van der Waals surface area contributed by atoms with E-state index < -0.39 is 5.82 Å². The van der Waals surface area contributed by atoms with Crippen LogP contribution in [-0.2, 0) is 9.53 Å². The summed E-state index contributed by atoms with van der Waals surface area (Å²) < 4.78 is 18.7. The molecule has 3 rings (SSSR count). The number of halogens is 1. The lowest BCUT2D eigenvalue weighted by molar-refractivity contribution is -0.134. The lowest BCUT2D eigenvalue weighted by atomic mass is 9.77. The molecule has 0 radical (unpaired) electrons. The second-order valence-electron chi connectivity index (χ2n) is 7.15. The number of carbonyl (C=O) groups excluding carboxylic acids is 2. The van der Waals surface area contributed by atoms with Gasteiger partial charge in [0.1, 0.15) is 5.82 Å². The molecule has 1 atom stereocenters.